The Morgan fingerprint density at radius 3 is 1.86 bits per heavy atom. The van der Waals surface area contributed by atoms with E-state index in [1.807, 2.05) is 0 Å². The normalized spacial score (nSPS) is 13.1. The van der Waals surface area contributed by atoms with Crippen LogP contribution in [0.5, 0.6) is 0 Å². The Morgan fingerprint density at radius 2 is 1.48 bits per heavy atom. The number of nitrogens with zero attached hydrogens (tertiary/aromatic N) is 2. The molecule has 0 aromatic heterocycles. The van der Waals surface area contributed by atoms with Crippen LogP contribution in [0, 0.1) is 0 Å². The average molecular weight is 461 g/mol. The van der Waals surface area contributed by atoms with Gasteiger partial charge in [0.15, 0.2) is 0 Å². The maximum absolute atomic E-state index is 12.7. The molecule has 0 aliphatic heterocycles. The van der Waals surface area contributed by atoms with E-state index in [0.29, 0.717) is 24.0 Å². The van der Waals surface area contributed by atoms with Crippen molar-refractivity contribution in [1.82, 2.24) is 10.2 Å². The number of rotatable bonds is 11. The molecule has 0 saturated heterocycles. The second kappa shape index (κ2) is 12.5. The summed E-state index contributed by atoms with van der Waals surface area (Å²) in [5.74, 6) is -8.29. The molecule has 0 bridgehead atoms. The number of carbonyl (C=O) groups excluding carboxylic acids is 1. The summed E-state index contributed by atoms with van der Waals surface area (Å²) in [6.07, 6.45) is -5.16. The number of halogens is 6. The van der Waals surface area contributed by atoms with Crippen molar-refractivity contribution in [2.24, 2.45) is 0 Å². The van der Waals surface area contributed by atoms with Gasteiger partial charge in [-0.2, -0.15) is 22.0 Å². The smallest absolute Gasteiger partial charge is 0.463 e. The third kappa shape index (κ3) is 15.4. The summed E-state index contributed by atoms with van der Waals surface area (Å²) in [7, 11) is 2.59. The number of hydrogen-bond donors (Lipinski definition) is 1. The van der Waals surface area contributed by atoms with Gasteiger partial charge in [0.25, 0.3) is 5.91 Å². The third-order valence-corrected chi connectivity index (χ3v) is 4.30. The molecule has 0 aliphatic rings. The highest BCUT2D eigenvalue weighted by atomic mass is 32.2. The molecule has 0 spiro atoms. The lowest BCUT2D eigenvalue weighted by molar-refractivity contribution is -0.890. The molecule has 0 fully saturated rings. The van der Waals surface area contributed by atoms with Crippen LogP contribution in [0.4, 0.5) is 26.3 Å². The van der Waals surface area contributed by atoms with E-state index in [1.54, 1.807) is 33.5 Å². The summed E-state index contributed by atoms with van der Waals surface area (Å²) in [5, 5.41) is 1.55. The minimum Gasteiger partial charge on any atom is -0.748 e. The number of carbonyl (C=O) groups is 1. The van der Waals surface area contributed by atoms with Crippen LogP contribution >= 0.6 is 0 Å². The second-order valence-corrected chi connectivity index (χ2v) is 8.76. The van der Waals surface area contributed by atoms with Crippen LogP contribution < -0.4 is 5.32 Å². The first-order valence-electron chi connectivity index (χ1n) is 8.55. The highest BCUT2D eigenvalue weighted by Crippen LogP contribution is 2.35. The zero-order chi connectivity index (χ0) is 23.5. The topological polar surface area (TPSA) is 89.5 Å². The van der Waals surface area contributed by atoms with Crippen LogP contribution in [-0.4, -0.2) is 101 Å². The van der Waals surface area contributed by atoms with E-state index < -0.39 is 33.9 Å². The summed E-state index contributed by atoms with van der Waals surface area (Å²) < 4.78 is 104. The molecule has 0 heterocycles. The van der Waals surface area contributed by atoms with E-state index in [2.05, 4.69) is 0 Å². The van der Waals surface area contributed by atoms with Gasteiger partial charge in [-0.15, -0.1) is 0 Å². The van der Waals surface area contributed by atoms with Crippen LogP contribution in [-0.2, 0) is 14.9 Å². The van der Waals surface area contributed by atoms with Gasteiger partial charge in [-0.3, -0.25) is 9.69 Å². The standard InChI is InChI=1S/C12H21F5N2O4S.C3H8FN/c1-19(2,7-3-4-9-24(21,22)23)8-5-6-18-10(20)11(13,14)12(15,16)17;1-5(2)3-4/h3-9H2,1-2H3,(H-,18,20,21,22,23);3H2,1-2H3. The zero-order valence-electron chi connectivity index (χ0n) is 16.9. The molecule has 0 aromatic carbocycles. The van der Waals surface area contributed by atoms with Crippen molar-refractivity contribution in [1.29, 1.82) is 0 Å². The fourth-order valence-electron chi connectivity index (χ4n) is 1.88. The number of amides is 1. The number of alkyl halides is 6. The first-order chi connectivity index (χ1) is 12.9. The Hall–Kier alpha value is -1.12. The van der Waals surface area contributed by atoms with Crippen molar-refractivity contribution in [3.8, 4) is 0 Å². The Balaban J connectivity index is 0. The molecule has 14 heteroatoms. The molecule has 29 heavy (non-hydrogen) atoms. The maximum Gasteiger partial charge on any atom is 0.463 e. The maximum atomic E-state index is 12.7. The van der Waals surface area contributed by atoms with Crippen LogP contribution in [0.3, 0.4) is 0 Å². The Labute approximate surface area is 167 Å². The van der Waals surface area contributed by atoms with Crippen LogP contribution in [0.15, 0.2) is 0 Å². The summed E-state index contributed by atoms with van der Waals surface area (Å²) in [6, 6.07) is 0. The van der Waals surface area contributed by atoms with Crippen LogP contribution in [0.2, 0.25) is 0 Å². The highest BCUT2D eigenvalue weighted by Gasteiger charge is 2.63. The molecule has 0 aliphatic carbocycles. The van der Waals surface area contributed by atoms with Gasteiger partial charge in [-0.1, -0.05) is 0 Å². The monoisotopic (exact) mass is 461 g/mol. The molecular formula is C15H29F6N3O4S. The summed E-state index contributed by atoms with van der Waals surface area (Å²) in [5.41, 5.74) is 0. The van der Waals surface area contributed by atoms with Gasteiger partial charge in [0.05, 0.1) is 37.3 Å². The summed E-state index contributed by atoms with van der Waals surface area (Å²) in [4.78, 5) is 12.3. The van der Waals surface area contributed by atoms with Gasteiger partial charge in [0.1, 0.15) is 6.80 Å². The van der Waals surface area contributed by atoms with Gasteiger partial charge in [0, 0.05) is 18.7 Å². The zero-order valence-corrected chi connectivity index (χ0v) is 17.7. The van der Waals surface area contributed by atoms with E-state index in [4.69, 9.17) is 0 Å². The number of unbranched alkanes of at least 4 members (excludes halogenated alkanes) is 1. The van der Waals surface area contributed by atoms with Gasteiger partial charge in [-0.25, -0.2) is 12.8 Å². The van der Waals surface area contributed by atoms with Crippen molar-refractivity contribution in [3.63, 3.8) is 0 Å². The van der Waals surface area contributed by atoms with Gasteiger partial charge < -0.3 is 14.4 Å². The van der Waals surface area contributed by atoms with Crippen molar-refractivity contribution >= 4 is 16.0 Å². The molecule has 0 aromatic rings. The lowest BCUT2D eigenvalue weighted by Crippen LogP contribution is -2.51. The Kier molecular flexibility index (Phi) is 13.0. The van der Waals surface area contributed by atoms with Crippen molar-refractivity contribution in [2.45, 2.75) is 31.4 Å². The lowest BCUT2D eigenvalue weighted by atomic mass is 10.2. The van der Waals surface area contributed by atoms with Crippen molar-refractivity contribution in [2.75, 3.05) is 60.4 Å². The fraction of sp³-hybridized carbons (Fsp3) is 0.933. The quantitative estimate of drug-likeness (QED) is 0.166. The van der Waals surface area contributed by atoms with Crippen molar-refractivity contribution < 1.29 is 48.6 Å². The SMILES string of the molecule is CN(C)CF.C[N+](C)(CCCCS(=O)(=O)[O-])CCCNC(=O)C(F)(F)C(F)(F)F. The number of quaternary nitrogens is 1. The average Bonchev–Trinajstić information content (AvgIpc) is 2.54. The second-order valence-electron chi connectivity index (χ2n) is 7.23. The summed E-state index contributed by atoms with van der Waals surface area (Å²) >= 11 is 0. The van der Waals surface area contributed by atoms with Crippen LogP contribution in [0.1, 0.15) is 19.3 Å². The van der Waals surface area contributed by atoms with Crippen LogP contribution in [0.25, 0.3) is 0 Å². The molecule has 0 rings (SSSR count). The fourth-order valence-corrected chi connectivity index (χ4v) is 2.44. The molecule has 1 N–H and O–H groups in total. The first-order valence-corrected chi connectivity index (χ1v) is 10.1. The Bertz CT molecular complexity index is 583. The molecule has 0 unspecified atom stereocenters. The molecule has 0 radical (unpaired) electrons. The molecule has 0 atom stereocenters. The van der Waals surface area contributed by atoms with E-state index in [1.165, 1.54) is 4.90 Å². The van der Waals surface area contributed by atoms with Gasteiger partial charge in [-0.05, 0) is 26.9 Å². The van der Waals surface area contributed by atoms with E-state index in [9.17, 15) is 44.1 Å². The third-order valence-electron chi connectivity index (χ3n) is 3.51. The number of hydrogen-bond acceptors (Lipinski definition) is 5. The first kappa shape index (κ1) is 30.1. The molecule has 176 valence electrons. The minimum absolute atomic E-state index is 0.159. The predicted molar refractivity (Wildman–Crippen MR) is 93.9 cm³/mol. The minimum atomic E-state index is -5.94. The molecule has 7 nitrogen and oxygen atoms in total. The molecule has 0 saturated carbocycles. The Morgan fingerprint density at radius 1 is 1.03 bits per heavy atom. The van der Waals surface area contributed by atoms with E-state index in [-0.39, 0.29) is 26.2 Å². The molecular weight excluding hydrogens is 432 g/mol. The van der Waals surface area contributed by atoms with E-state index >= 15 is 0 Å². The van der Waals surface area contributed by atoms with Crippen molar-refractivity contribution in [3.05, 3.63) is 0 Å². The summed E-state index contributed by atoms with van der Waals surface area (Å²) in [6.45, 7) is 0.144. The largest absolute Gasteiger partial charge is 0.748 e. The van der Waals surface area contributed by atoms with E-state index in [0.717, 1.165) is 0 Å². The molecule has 1 amide bonds. The van der Waals surface area contributed by atoms with Gasteiger partial charge in [0.2, 0.25) is 0 Å². The number of nitrogens with one attached hydrogen (secondary N) is 1. The van der Waals surface area contributed by atoms with Gasteiger partial charge >= 0.3 is 12.1 Å². The predicted octanol–water partition coefficient (Wildman–Crippen LogP) is 1.57. The highest BCUT2D eigenvalue weighted by molar-refractivity contribution is 7.85. The lowest BCUT2D eigenvalue weighted by Gasteiger charge is -2.30.